The first-order valence-corrected chi connectivity index (χ1v) is 5.05. The van der Waals surface area contributed by atoms with Crippen molar-refractivity contribution in [2.24, 2.45) is 5.92 Å². The maximum Gasteiger partial charge on any atom is 0.103 e. The van der Waals surface area contributed by atoms with E-state index in [0.29, 0.717) is 0 Å². The molecular weight excluding hydrogens is 172 g/mol. The summed E-state index contributed by atoms with van der Waals surface area (Å²) < 4.78 is 7.85. The average Bonchev–Trinajstić information content (AvgIpc) is 2.74. The summed E-state index contributed by atoms with van der Waals surface area (Å²) in [6.45, 7) is 0. The Morgan fingerprint density at radius 3 is 3.08 bits per heavy atom. The standard InChI is InChI=1S/C8H12N2OS/c11-8(4-3-6-1-2-6)7-5-9-12-10-7/h5-6,8,11H,1-4H2. The zero-order valence-corrected chi connectivity index (χ0v) is 7.63. The van der Waals surface area contributed by atoms with Gasteiger partial charge in [0.1, 0.15) is 5.69 Å². The molecule has 1 aromatic heterocycles. The molecule has 3 nitrogen and oxygen atoms in total. The fourth-order valence-electron chi connectivity index (χ4n) is 1.27. The van der Waals surface area contributed by atoms with Crippen LogP contribution in [0.2, 0.25) is 0 Å². The van der Waals surface area contributed by atoms with E-state index in [-0.39, 0.29) is 6.10 Å². The number of aromatic nitrogens is 2. The van der Waals surface area contributed by atoms with E-state index in [1.165, 1.54) is 12.8 Å². The second kappa shape index (κ2) is 3.49. The van der Waals surface area contributed by atoms with Crippen molar-refractivity contribution < 1.29 is 5.11 Å². The number of nitrogens with zero attached hydrogens (tertiary/aromatic N) is 2. The lowest BCUT2D eigenvalue weighted by atomic mass is 10.1. The van der Waals surface area contributed by atoms with Gasteiger partial charge in [0.25, 0.3) is 0 Å². The summed E-state index contributed by atoms with van der Waals surface area (Å²) in [6.07, 6.45) is 5.95. The first-order valence-electron chi connectivity index (χ1n) is 4.32. The summed E-state index contributed by atoms with van der Waals surface area (Å²) in [5.41, 5.74) is 0.737. The van der Waals surface area contributed by atoms with Crippen LogP contribution in [0.3, 0.4) is 0 Å². The molecule has 1 unspecified atom stereocenters. The lowest BCUT2D eigenvalue weighted by molar-refractivity contribution is 0.158. The summed E-state index contributed by atoms with van der Waals surface area (Å²) in [5.74, 6) is 0.881. The zero-order chi connectivity index (χ0) is 8.39. The SMILES string of the molecule is OC(CCC1CC1)c1cnsn1. The van der Waals surface area contributed by atoms with Crippen LogP contribution in [0.5, 0.6) is 0 Å². The van der Waals surface area contributed by atoms with E-state index < -0.39 is 0 Å². The molecule has 0 radical (unpaired) electrons. The molecule has 12 heavy (non-hydrogen) atoms. The molecule has 66 valence electrons. The number of rotatable bonds is 4. The fraction of sp³-hybridized carbons (Fsp3) is 0.750. The van der Waals surface area contributed by atoms with Crippen LogP contribution in [0.15, 0.2) is 6.20 Å². The molecule has 0 spiro atoms. The lowest BCUT2D eigenvalue weighted by Crippen LogP contribution is -1.97. The van der Waals surface area contributed by atoms with E-state index in [2.05, 4.69) is 8.75 Å². The van der Waals surface area contributed by atoms with Crippen molar-refractivity contribution in [2.45, 2.75) is 31.8 Å². The van der Waals surface area contributed by atoms with Gasteiger partial charge in [-0.2, -0.15) is 8.75 Å². The Hall–Kier alpha value is -0.480. The topological polar surface area (TPSA) is 46.0 Å². The van der Waals surface area contributed by atoms with Crippen molar-refractivity contribution in [3.63, 3.8) is 0 Å². The molecule has 0 bridgehead atoms. The zero-order valence-electron chi connectivity index (χ0n) is 6.81. The molecule has 1 saturated carbocycles. The van der Waals surface area contributed by atoms with Crippen LogP contribution >= 0.6 is 11.7 Å². The molecule has 1 heterocycles. The quantitative estimate of drug-likeness (QED) is 0.775. The van der Waals surface area contributed by atoms with Crippen molar-refractivity contribution in [2.75, 3.05) is 0 Å². The van der Waals surface area contributed by atoms with Gasteiger partial charge in [0.05, 0.1) is 24.0 Å². The third-order valence-corrected chi connectivity index (χ3v) is 2.76. The highest BCUT2D eigenvalue weighted by Gasteiger charge is 2.22. The van der Waals surface area contributed by atoms with Gasteiger partial charge in [-0.3, -0.25) is 0 Å². The number of aliphatic hydroxyl groups excluding tert-OH is 1. The van der Waals surface area contributed by atoms with E-state index in [4.69, 9.17) is 0 Å². The molecule has 1 aromatic rings. The molecule has 4 heteroatoms. The predicted molar refractivity (Wildman–Crippen MR) is 46.8 cm³/mol. The summed E-state index contributed by atoms with van der Waals surface area (Å²) in [5, 5.41) is 9.59. The molecule has 0 saturated heterocycles. The van der Waals surface area contributed by atoms with Crippen LogP contribution < -0.4 is 0 Å². The van der Waals surface area contributed by atoms with Gasteiger partial charge in [0.15, 0.2) is 0 Å². The Balaban J connectivity index is 1.79. The van der Waals surface area contributed by atoms with Gasteiger partial charge in [0.2, 0.25) is 0 Å². The second-order valence-corrected chi connectivity index (χ2v) is 3.93. The fourth-order valence-corrected chi connectivity index (χ4v) is 1.73. The summed E-state index contributed by atoms with van der Waals surface area (Å²) >= 11 is 1.16. The van der Waals surface area contributed by atoms with E-state index in [1.807, 2.05) is 0 Å². The van der Waals surface area contributed by atoms with E-state index >= 15 is 0 Å². The van der Waals surface area contributed by atoms with Crippen molar-refractivity contribution >= 4 is 11.7 Å². The molecule has 0 aromatic carbocycles. The monoisotopic (exact) mass is 184 g/mol. The van der Waals surface area contributed by atoms with Gasteiger partial charge in [-0.05, 0) is 18.8 Å². The normalized spacial score (nSPS) is 19.4. The smallest absolute Gasteiger partial charge is 0.103 e. The van der Waals surface area contributed by atoms with E-state index in [0.717, 1.165) is 36.2 Å². The van der Waals surface area contributed by atoms with Gasteiger partial charge in [-0.15, -0.1) is 0 Å². The lowest BCUT2D eigenvalue weighted by Gasteiger charge is -2.04. The van der Waals surface area contributed by atoms with Crippen LogP contribution in [0.4, 0.5) is 0 Å². The van der Waals surface area contributed by atoms with Crippen LogP contribution in [0.25, 0.3) is 0 Å². The van der Waals surface area contributed by atoms with Gasteiger partial charge in [-0.1, -0.05) is 12.8 Å². The molecule has 0 aliphatic heterocycles. The van der Waals surface area contributed by atoms with Gasteiger partial charge in [-0.25, -0.2) is 0 Å². The van der Waals surface area contributed by atoms with E-state index in [9.17, 15) is 5.11 Å². The highest BCUT2D eigenvalue weighted by molar-refractivity contribution is 6.99. The predicted octanol–water partition coefficient (Wildman–Crippen LogP) is 1.76. The van der Waals surface area contributed by atoms with E-state index in [1.54, 1.807) is 6.20 Å². The highest BCUT2D eigenvalue weighted by Crippen LogP contribution is 2.35. The largest absolute Gasteiger partial charge is 0.387 e. The van der Waals surface area contributed by atoms with Crippen molar-refractivity contribution in [1.82, 2.24) is 8.75 Å². The minimum absolute atomic E-state index is 0.385. The van der Waals surface area contributed by atoms with Crippen LogP contribution in [0.1, 0.15) is 37.5 Å². The highest BCUT2D eigenvalue weighted by atomic mass is 32.1. The van der Waals surface area contributed by atoms with Gasteiger partial charge < -0.3 is 5.11 Å². The summed E-state index contributed by atoms with van der Waals surface area (Å²) in [4.78, 5) is 0. The molecule has 1 fully saturated rings. The minimum Gasteiger partial charge on any atom is -0.387 e. The Kier molecular flexibility index (Phi) is 2.37. The Morgan fingerprint density at radius 2 is 2.50 bits per heavy atom. The maximum atomic E-state index is 9.59. The molecule has 0 amide bonds. The molecule has 2 rings (SSSR count). The molecular formula is C8H12N2OS. The average molecular weight is 184 g/mol. The minimum atomic E-state index is -0.385. The first-order chi connectivity index (χ1) is 5.86. The van der Waals surface area contributed by atoms with Crippen molar-refractivity contribution in [3.05, 3.63) is 11.9 Å². The second-order valence-electron chi connectivity index (χ2n) is 3.37. The van der Waals surface area contributed by atoms with Crippen LogP contribution in [-0.4, -0.2) is 13.9 Å². The Labute approximate surface area is 75.8 Å². The number of hydrogen-bond donors (Lipinski definition) is 1. The Morgan fingerprint density at radius 1 is 1.67 bits per heavy atom. The maximum absolute atomic E-state index is 9.59. The third kappa shape index (κ3) is 2.01. The van der Waals surface area contributed by atoms with Gasteiger partial charge >= 0.3 is 0 Å². The number of aliphatic hydroxyl groups is 1. The summed E-state index contributed by atoms with van der Waals surface area (Å²) in [7, 11) is 0. The van der Waals surface area contributed by atoms with Crippen LogP contribution in [-0.2, 0) is 0 Å². The molecule has 1 N–H and O–H groups in total. The Bertz CT molecular complexity index is 233. The number of hydrogen-bond acceptors (Lipinski definition) is 4. The first kappa shape index (κ1) is 8.13. The summed E-state index contributed by atoms with van der Waals surface area (Å²) in [6, 6.07) is 0. The van der Waals surface area contributed by atoms with Crippen LogP contribution in [0, 0.1) is 5.92 Å². The molecule has 1 aliphatic carbocycles. The van der Waals surface area contributed by atoms with Gasteiger partial charge in [0, 0.05) is 0 Å². The molecule has 1 atom stereocenters. The van der Waals surface area contributed by atoms with Crippen molar-refractivity contribution in [3.8, 4) is 0 Å². The molecule has 1 aliphatic rings. The van der Waals surface area contributed by atoms with Crippen molar-refractivity contribution in [1.29, 1.82) is 0 Å². The third-order valence-electron chi connectivity index (χ3n) is 2.27.